The van der Waals surface area contributed by atoms with Gasteiger partial charge >= 0.3 is 6.03 Å². The summed E-state index contributed by atoms with van der Waals surface area (Å²) in [7, 11) is 0. The van der Waals surface area contributed by atoms with E-state index in [1.54, 1.807) is 29.2 Å². The minimum Gasteiger partial charge on any atom is -0.484 e. The van der Waals surface area contributed by atoms with Crippen LogP contribution in [0.3, 0.4) is 0 Å². The van der Waals surface area contributed by atoms with Gasteiger partial charge in [0.15, 0.2) is 6.61 Å². The van der Waals surface area contributed by atoms with E-state index in [4.69, 9.17) is 16.3 Å². The van der Waals surface area contributed by atoms with E-state index in [0.29, 0.717) is 30.3 Å². The standard InChI is InChI=1S/C15H16ClN3O4/c16-10-1-3-12(4-2-10)23-9-14(21)18-6-5-11(8-18)19-13(20)7-17-15(19)22/h1-4,11H,5-9H2,(H,17,22)/t11-/m0/s1. The predicted molar refractivity (Wildman–Crippen MR) is 82.2 cm³/mol. The highest BCUT2D eigenvalue weighted by Crippen LogP contribution is 2.19. The van der Waals surface area contributed by atoms with E-state index in [-0.39, 0.29) is 37.0 Å². The molecular weight excluding hydrogens is 322 g/mol. The monoisotopic (exact) mass is 337 g/mol. The molecule has 7 nitrogen and oxygen atoms in total. The van der Waals surface area contributed by atoms with Crippen LogP contribution in [-0.4, -0.2) is 59.9 Å². The van der Waals surface area contributed by atoms with E-state index in [0.717, 1.165) is 0 Å². The number of nitrogens with zero attached hydrogens (tertiary/aromatic N) is 2. The molecule has 2 saturated heterocycles. The number of rotatable bonds is 4. The molecule has 0 radical (unpaired) electrons. The van der Waals surface area contributed by atoms with Crippen LogP contribution in [0, 0.1) is 0 Å². The van der Waals surface area contributed by atoms with Gasteiger partial charge in [-0.3, -0.25) is 14.5 Å². The van der Waals surface area contributed by atoms with E-state index in [2.05, 4.69) is 5.32 Å². The van der Waals surface area contributed by atoms with Crippen LogP contribution in [-0.2, 0) is 9.59 Å². The van der Waals surface area contributed by atoms with Crippen LogP contribution in [0.4, 0.5) is 4.79 Å². The topological polar surface area (TPSA) is 79.0 Å². The second kappa shape index (κ2) is 6.45. The SMILES string of the molecule is O=C(COc1ccc(Cl)cc1)N1CC[C@H](N2C(=O)CNC2=O)C1. The highest BCUT2D eigenvalue weighted by Gasteiger charge is 2.39. The minimum absolute atomic E-state index is 0.0307. The number of imide groups is 1. The van der Waals surface area contributed by atoms with Crippen LogP contribution in [0.5, 0.6) is 5.75 Å². The van der Waals surface area contributed by atoms with Gasteiger partial charge in [-0.1, -0.05) is 11.6 Å². The number of carbonyl (C=O) groups excluding carboxylic acids is 3. The maximum Gasteiger partial charge on any atom is 0.324 e. The molecule has 1 aromatic carbocycles. The Kier molecular flexibility index (Phi) is 4.38. The largest absolute Gasteiger partial charge is 0.484 e. The molecule has 3 rings (SSSR count). The van der Waals surface area contributed by atoms with Gasteiger partial charge in [0.25, 0.3) is 5.91 Å². The van der Waals surface area contributed by atoms with Gasteiger partial charge in [0.2, 0.25) is 5.91 Å². The zero-order valence-electron chi connectivity index (χ0n) is 12.3. The fourth-order valence-electron chi connectivity index (χ4n) is 2.75. The Bertz CT molecular complexity index is 618. The number of ether oxygens (including phenoxy) is 1. The van der Waals surface area contributed by atoms with E-state index in [9.17, 15) is 14.4 Å². The van der Waals surface area contributed by atoms with Gasteiger partial charge in [-0.2, -0.15) is 0 Å². The van der Waals surface area contributed by atoms with Crippen LogP contribution in [0.2, 0.25) is 5.02 Å². The quantitative estimate of drug-likeness (QED) is 0.827. The number of likely N-dealkylation sites (tertiary alicyclic amines) is 1. The van der Waals surface area contributed by atoms with Gasteiger partial charge in [0.1, 0.15) is 5.75 Å². The van der Waals surface area contributed by atoms with Crippen molar-refractivity contribution < 1.29 is 19.1 Å². The smallest absolute Gasteiger partial charge is 0.324 e. The number of urea groups is 1. The van der Waals surface area contributed by atoms with Crippen LogP contribution in [0.1, 0.15) is 6.42 Å². The summed E-state index contributed by atoms with van der Waals surface area (Å²) in [6.07, 6.45) is 0.589. The molecule has 0 saturated carbocycles. The van der Waals surface area contributed by atoms with Crippen molar-refractivity contribution in [2.24, 2.45) is 0 Å². The number of nitrogens with one attached hydrogen (secondary N) is 1. The first-order valence-electron chi connectivity index (χ1n) is 7.30. The molecule has 2 heterocycles. The fourth-order valence-corrected chi connectivity index (χ4v) is 2.88. The number of carbonyl (C=O) groups is 3. The number of amides is 4. The first kappa shape index (κ1) is 15.6. The lowest BCUT2D eigenvalue weighted by Crippen LogP contribution is -2.43. The summed E-state index contributed by atoms with van der Waals surface area (Å²) >= 11 is 5.78. The van der Waals surface area contributed by atoms with Crippen molar-refractivity contribution in [3.05, 3.63) is 29.3 Å². The zero-order valence-corrected chi connectivity index (χ0v) is 13.1. The molecule has 2 aliphatic rings. The molecular formula is C15H16ClN3O4. The highest BCUT2D eigenvalue weighted by molar-refractivity contribution is 6.30. The van der Waals surface area contributed by atoms with Crippen molar-refractivity contribution >= 4 is 29.4 Å². The van der Waals surface area contributed by atoms with E-state index in [1.165, 1.54) is 4.90 Å². The lowest BCUT2D eigenvalue weighted by molar-refractivity contribution is -0.133. The van der Waals surface area contributed by atoms with Crippen LogP contribution in [0.25, 0.3) is 0 Å². The molecule has 2 fully saturated rings. The summed E-state index contributed by atoms with van der Waals surface area (Å²) in [6, 6.07) is 6.11. The maximum atomic E-state index is 12.2. The molecule has 23 heavy (non-hydrogen) atoms. The molecule has 8 heteroatoms. The summed E-state index contributed by atoms with van der Waals surface area (Å²) in [6.45, 7) is 0.796. The number of halogens is 1. The third kappa shape index (κ3) is 3.39. The van der Waals surface area contributed by atoms with Gasteiger partial charge in [0.05, 0.1) is 12.6 Å². The molecule has 1 aromatic rings. The fraction of sp³-hybridized carbons (Fsp3) is 0.400. The third-order valence-corrected chi connectivity index (χ3v) is 4.19. The molecule has 2 aliphatic heterocycles. The summed E-state index contributed by atoms with van der Waals surface area (Å²) < 4.78 is 5.43. The predicted octanol–water partition coefficient (Wildman–Crippen LogP) is 0.871. The Hall–Kier alpha value is -2.28. The average Bonchev–Trinajstić information content (AvgIpc) is 3.13. The van der Waals surface area contributed by atoms with Gasteiger partial charge in [0, 0.05) is 18.1 Å². The van der Waals surface area contributed by atoms with Crippen LogP contribution in [0.15, 0.2) is 24.3 Å². The molecule has 0 aromatic heterocycles. The summed E-state index contributed by atoms with van der Waals surface area (Å²) in [5.41, 5.74) is 0. The summed E-state index contributed by atoms with van der Waals surface area (Å²) in [5, 5.41) is 3.09. The Morgan fingerprint density at radius 1 is 1.30 bits per heavy atom. The van der Waals surface area contributed by atoms with Crippen molar-refractivity contribution in [3.63, 3.8) is 0 Å². The molecule has 0 unspecified atom stereocenters. The summed E-state index contributed by atoms with van der Waals surface area (Å²) in [5.74, 6) is 0.147. The van der Waals surface area contributed by atoms with E-state index in [1.807, 2.05) is 0 Å². The van der Waals surface area contributed by atoms with E-state index >= 15 is 0 Å². The molecule has 0 bridgehead atoms. The zero-order chi connectivity index (χ0) is 16.4. The molecule has 122 valence electrons. The van der Waals surface area contributed by atoms with Crippen molar-refractivity contribution in [2.75, 3.05) is 26.2 Å². The van der Waals surface area contributed by atoms with E-state index < -0.39 is 0 Å². The first-order valence-corrected chi connectivity index (χ1v) is 7.68. The molecule has 1 N–H and O–H groups in total. The minimum atomic E-state index is -0.383. The van der Waals surface area contributed by atoms with Gasteiger partial charge < -0.3 is 15.0 Å². The van der Waals surface area contributed by atoms with Crippen LogP contribution < -0.4 is 10.1 Å². The second-order valence-electron chi connectivity index (χ2n) is 5.45. The van der Waals surface area contributed by atoms with Gasteiger partial charge in [-0.15, -0.1) is 0 Å². The first-order chi connectivity index (χ1) is 11.0. The second-order valence-corrected chi connectivity index (χ2v) is 5.88. The molecule has 1 atom stereocenters. The Morgan fingerprint density at radius 3 is 2.70 bits per heavy atom. The van der Waals surface area contributed by atoms with Gasteiger partial charge in [-0.05, 0) is 30.7 Å². The van der Waals surface area contributed by atoms with Crippen molar-refractivity contribution in [3.8, 4) is 5.75 Å². The Labute approximate surface area is 138 Å². The molecule has 0 aliphatic carbocycles. The van der Waals surface area contributed by atoms with Crippen LogP contribution >= 0.6 is 11.6 Å². The van der Waals surface area contributed by atoms with Crippen molar-refractivity contribution in [2.45, 2.75) is 12.5 Å². The molecule has 4 amide bonds. The lowest BCUT2D eigenvalue weighted by atomic mass is 10.2. The molecule has 0 spiro atoms. The number of hydrogen-bond acceptors (Lipinski definition) is 4. The van der Waals surface area contributed by atoms with Crippen molar-refractivity contribution in [1.29, 1.82) is 0 Å². The number of benzene rings is 1. The van der Waals surface area contributed by atoms with Gasteiger partial charge in [-0.25, -0.2) is 4.79 Å². The Morgan fingerprint density at radius 2 is 2.04 bits per heavy atom. The number of hydrogen-bond donors (Lipinski definition) is 1. The lowest BCUT2D eigenvalue weighted by Gasteiger charge is -2.21. The maximum absolute atomic E-state index is 12.2. The highest BCUT2D eigenvalue weighted by atomic mass is 35.5. The van der Waals surface area contributed by atoms with Crippen molar-refractivity contribution in [1.82, 2.24) is 15.1 Å². The summed E-state index contributed by atoms with van der Waals surface area (Å²) in [4.78, 5) is 38.3. The average molecular weight is 338 g/mol. The normalized spacial score (nSPS) is 20.8. The Balaban J connectivity index is 1.52. The third-order valence-electron chi connectivity index (χ3n) is 3.94.